The molecule has 0 bridgehead atoms. The first-order chi connectivity index (χ1) is 9.04. The predicted octanol–water partition coefficient (Wildman–Crippen LogP) is 1.33. The lowest BCUT2D eigenvalue weighted by molar-refractivity contribution is -0.119. The molecule has 3 N–H and O–H groups in total. The van der Waals surface area contributed by atoms with Gasteiger partial charge in [0.2, 0.25) is 5.91 Å². The number of primary amides is 1. The zero-order valence-electron chi connectivity index (χ0n) is 10.5. The normalized spacial score (nSPS) is 20.2. The molecule has 1 amide bonds. The molecular weight excluding hydrogens is 252 g/mol. The Kier molecular flexibility index (Phi) is 4.31. The van der Waals surface area contributed by atoms with E-state index in [2.05, 4.69) is 5.32 Å². The van der Waals surface area contributed by atoms with Crippen LogP contribution >= 0.6 is 0 Å². The quantitative estimate of drug-likeness (QED) is 0.867. The summed E-state index contributed by atoms with van der Waals surface area (Å²) in [6.07, 6.45) is 1.86. The Morgan fingerprint density at radius 3 is 2.89 bits per heavy atom. The third kappa shape index (κ3) is 3.89. The number of nitrogens with one attached hydrogen (secondary N) is 1. The molecule has 1 atom stereocenters. The number of carbonyl (C=O) groups excluding carboxylic acids is 1. The number of hydrogen-bond acceptors (Lipinski definition) is 3. The Bertz CT molecular complexity index is 467. The summed E-state index contributed by atoms with van der Waals surface area (Å²) >= 11 is 0. The van der Waals surface area contributed by atoms with Gasteiger partial charge in [-0.3, -0.25) is 9.69 Å². The summed E-state index contributed by atoms with van der Waals surface area (Å²) in [5, 5.41) is 3.15. The van der Waals surface area contributed by atoms with E-state index in [1.807, 2.05) is 4.90 Å². The molecule has 1 aromatic rings. The standard InChI is InChI=1S/C13H17F2N3O/c14-11-4-3-9(6-12(11)15)17-10-2-1-5-18(7-10)8-13(16)19/h3-4,6,10,17H,1-2,5,7-8H2,(H2,16,19). The number of piperidine rings is 1. The van der Waals surface area contributed by atoms with Gasteiger partial charge in [0.25, 0.3) is 0 Å². The van der Waals surface area contributed by atoms with E-state index in [-0.39, 0.29) is 18.5 Å². The first-order valence-electron chi connectivity index (χ1n) is 6.27. The Morgan fingerprint density at radius 2 is 2.21 bits per heavy atom. The fourth-order valence-electron chi connectivity index (χ4n) is 2.36. The average Bonchev–Trinajstić information content (AvgIpc) is 2.33. The molecule has 1 fully saturated rings. The minimum absolute atomic E-state index is 0.109. The van der Waals surface area contributed by atoms with Crippen molar-refractivity contribution in [1.82, 2.24) is 4.90 Å². The van der Waals surface area contributed by atoms with Gasteiger partial charge in [-0.1, -0.05) is 0 Å². The molecule has 1 aliphatic rings. The molecule has 1 heterocycles. The number of likely N-dealkylation sites (tertiary alicyclic amines) is 1. The first-order valence-corrected chi connectivity index (χ1v) is 6.27. The number of amides is 1. The van der Waals surface area contributed by atoms with E-state index in [0.717, 1.165) is 31.5 Å². The second kappa shape index (κ2) is 5.97. The maximum absolute atomic E-state index is 13.1. The number of nitrogens with two attached hydrogens (primary N) is 1. The molecule has 1 aromatic carbocycles. The molecule has 0 spiro atoms. The van der Waals surface area contributed by atoms with Gasteiger partial charge in [-0.25, -0.2) is 8.78 Å². The van der Waals surface area contributed by atoms with Crippen molar-refractivity contribution in [2.24, 2.45) is 5.73 Å². The number of rotatable bonds is 4. The third-order valence-electron chi connectivity index (χ3n) is 3.18. The minimum Gasteiger partial charge on any atom is -0.381 e. The summed E-state index contributed by atoms with van der Waals surface area (Å²) in [5.41, 5.74) is 5.71. The molecule has 4 nitrogen and oxygen atoms in total. The summed E-state index contributed by atoms with van der Waals surface area (Å²) < 4.78 is 25.9. The van der Waals surface area contributed by atoms with E-state index in [9.17, 15) is 13.6 Å². The fourth-order valence-corrected chi connectivity index (χ4v) is 2.36. The van der Waals surface area contributed by atoms with E-state index in [0.29, 0.717) is 12.2 Å². The van der Waals surface area contributed by atoms with E-state index < -0.39 is 11.6 Å². The van der Waals surface area contributed by atoms with Gasteiger partial charge in [0.15, 0.2) is 11.6 Å². The highest BCUT2D eigenvalue weighted by atomic mass is 19.2. The second-order valence-corrected chi connectivity index (χ2v) is 4.81. The highest BCUT2D eigenvalue weighted by Gasteiger charge is 2.20. The Balaban J connectivity index is 1.94. The highest BCUT2D eigenvalue weighted by molar-refractivity contribution is 5.75. The van der Waals surface area contributed by atoms with Crippen molar-refractivity contribution in [3.8, 4) is 0 Å². The molecule has 19 heavy (non-hydrogen) atoms. The van der Waals surface area contributed by atoms with Crippen LogP contribution in [0.5, 0.6) is 0 Å². The van der Waals surface area contributed by atoms with Gasteiger partial charge in [-0.15, -0.1) is 0 Å². The zero-order valence-corrected chi connectivity index (χ0v) is 10.5. The number of halogens is 2. The average molecular weight is 269 g/mol. The number of carbonyl (C=O) groups is 1. The first kappa shape index (κ1) is 13.7. The van der Waals surface area contributed by atoms with E-state index in [1.54, 1.807) is 0 Å². The van der Waals surface area contributed by atoms with Crippen LogP contribution in [0.15, 0.2) is 18.2 Å². The van der Waals surface area contributed by atoms with Crippen molar-refractivity contribution < 1.29 is 13.6 Å². The van der Waals surface area contributed by atoms with Gasteiger partial charge >= 0.3 is 0 Å². The molecule has 0 aromatic heterocycles. The van der Waals surface area contributed by atoms with Crippen LogP contribution in [0.2, 0.25) is 0 Å². The summed E-state index contributed by atoms with van der Waals surface area (Å²) in [5.74, 6) is -2.08. The van der Waals surface area contributed by atoms with Crippen molar-refractivity contribution in [2.45, 2.75) is 18.9 Å². The van der Waals surface area contributed by atoms with Gasteiger partial charge < -0.3 is 11.1 Å². The van der Waals surface area contributed by atoms with Crippen LogP contribution in [-0.4, -0.2) is 36.5 Å². The SMILES string of the molecule is NC(=O)CN1CCCC(Nc2ccc(F)c(F)c2)C1. The molecule has 0 saturated carbocycles. The van der Waals surface area contributed by atoms with Crippen molar-refractivity contribution in [2.75, 3.05) is 25.0 Å². The topological polar surface area (TPSA) is 58.4 Å². The minimum atomic E-state index is -0.866. The van der Waals surface area contributed by atoms with Crippen LogP contribution in [-0.2, 0) is 4.79 Å². The maximum Gasteiger partial charge on any atom is 0.231 e. The van der Waals surface area contributed by atoms with Crippen LogP contribution in [0.4, 0.5) is 14.5 Å². The molecule has 0 aliphatic carbocycles. The molecule has 1 aliphatic heterocycles. The monoisotopic (exact) mass is 269 g/mol. The molecular formula is C13H17F2N3O. The number of nitrogens with zero attached hydrogens (tertiary/aromatic N) is 1. The maximum atomic E-state index is 13.1. The molecule has 2 rings (SSSR count). The molecule has 0 radical (unpaired) electrons. The van der Waals surface area contributed by atoms with Gasteiger partial charge in [-0.2, -0.15) is 0 Å². The predicted molar refractivity (Wildman–Crippen MR) is 68.6 cm³/mol. The van der Waals surface area contributed by atoms with E-state index in [4.69, 9.17) is 5.73 Å². The molecule has 1 unspecified atom stereocenters. The Hall–Kier alpha value is -1.69. The van der Waals surface area contributed by atoms with Gasteiger partial charge in [0.1, 0.15) is 0 Å². The van der Waals surface area contributed by atoms with Crippen LogP contribution in [0, 0.1) is 11.6 Å². The number of hydrogen-bond donors (Lipinski definition) is 2. The smallest absolute Gasteiger partial charge is 0.231 e. The number of benzene rings is 1. The summed E-state index contributed by atoms with van der Waals surface area (Å²) in [6.45, 7) is 1.73. The van der Waals surface area contributed by atoms with Crippen molar-refractivity contribution >= 4 is 11.6 Å². The lowest BCUT2D eigenvalue weighted by Crippen LogP contribution is -2.45. The lowest BCUT2D eigenvalue weighted by atomic mass is 10.1. The van der Waals surface area contributed by atoms with Crippen LogP contribution in [0.3, 0.4) is 0 Å². The van der Waals surface area contributed by atoms with E-state index >= 15 is 0 Å². The van der Waals surface area contributed by atoms with Crippen molar-refractivity contribution in [3.63, 3.8) is 0 Å². The number of anilines is 1. The largest absolute Gasteiger partial charge is 0.381 e. The summed E-state index contributed by atoms with van der Waals surface area (Å²) in [4.78, 5) is 12.8. The second-order valence-electron chi connectivity index (χ2n) is 4.81. The lowest BCUT2D eigenvalue weighted by Gasteiger charge is -2.32. The third-order valence-corrected chi connectivity index (χ3v) is 3.18. The van der Waals surface area contributed by atoms with Gasteiger partial charge in [0.05, 0.1) is 6.54 Å². The highest BCUT2D eigenvalue weighted by Crippen LogP contribution is 2.18. The van der Waals surface area contributed by atoms with Crippen molar-refractivity contribution in [3.05, 3.63) is 29.8 Å². The molecule has 6 heteroatoms. The molecule has 1 saturated heterocycles. The van der Waals surface area contributed by atoms with Gasteiger partial charge in [-0.05, 0) is 31.5 Å². The summed E-state index contributed by atoms with van der Waals surface area (Å²) in [7, 11) is 0. The molecule has 104 valence electrons. The van der Waals surface area contributed by atoms with Crippen LogP contribution < -0.4 is 11.1 Å². The Labute approximate surface area is 110 Å². The van der Waals surface area contributed by atoms with E-state index in [1.165, 1.54) is 6.07 Å². The summed E-state index contributed by atoms with van der Waals surface area (Å²) in [6, 6.07) is 3.85. The Morgan fingerprint density at radius 1 is 1.42 bits per heavy atom. The van der Waals surface area contributed by atoms with Crippen LogP contribution in [0.25, 0.3) is 0 Å². The van der Waals surface area contributed by atoms with Crippen molar-refractivity contribution in [1.29, 1.82) is 0 Å². The van der Waals surface area contributed by atoms with Crippen LogP contribution in [0.1, 0.15) is 12.8 Å². The fraction of sp³-hybridized carbons (Fsp3) is 0.462. The van der Waals surface area contributed by atoms with Gasteiger partial charge in [0, 0.05) is 24.3 Å². The zero-order chi connectivity index (χ0) is 13.8.